The number of aromatic nitrogens is 2. The van der Waals surface area contributed by atoms with E-state index in [4.69, 9.17) is 0 Å². The van der Waals surface area contributed by atoms with E-state index in [0.29, 0.717) is 12.4 Å². The second kappa shape index (κ2) is 7.26. The molecule has 5 nitrogen and oxygen atoms in total. The van der Waals surface area contributed by atoms with E-state index >= 15 is 0 Å². The van der Waals surface area contributed by atoms with Crippen molar-refractivity contribution >= 4 is 23.6 Å². The maximum absolute atomic E-state index is 12.1. The van der Waals surface area contributed by atoms with E-state index in [0.717, 1.165) is 18.8 Å². The monoisotopic (exact) mass is 314 g/mol. The first-order valence-corrected chi connectivity index (χ1v) is 8.29. The molecule has 3 rings (SSSR count). The topological polar surface area (TPSA) is 58.1 Å². The lowest BCUT2D eigenvalue weighted by Gasteiger charge is -2.39. The summed E-state index contributed by atoms with van der Waals surface area (Å²) < 4.78 is 0. The summed E-state index contributed by atoms with van der Waals surface area (Å²) in [6, 6.07) is 12.2. The lowest BCUT2D eigenvalue weighted by atomic mass is 10.1. The highest BCUT2D eigenvalue weighted by Crippen LogP contribution is 2.19. The Morgan fingerprint density at radius 1 is 1.18 bits per heavy atom. The van der Waals surface area contributed by atoms with Gasteiger partial charge < -0.3 is 10.2 Å². The molecule has 1 aliphatic rings. The summed E-state index contributed by atoms with van der Waals surface area (Å²) in [5, 5.41) is 3.22. The Hall–Kier alpha value is -2.08. The van der Waals surface area contributed by atoms with Gasteiger partial charge in [-0.2, -0.15) is 0 Å². The highest BCUT2D eigenvalue weighted by Gasteiger charge is 2.30. The van der Waals surface area contributed by atoms with Crippen LogP contribution in [-0.4, -0.2) is 45.7 Å². The normalized spacial score (nSPS) is 14.5. The van der Waals surface area contributed by atoms with Crippen molar-refractivity contribution in [3.63, 3.8) is 0 Å². The molecular weight excluding hydrogens is 296 g/mol. The SMILES string of the molecule is O=C(CCSc1ccccc1)N1CC(Nc2ncccn2)C1. The van der Waals surface area contributed by atoms with E-state index in [1.54, 1.807) is 30.2 Å². The van der Waals surface area contributed by atoms with Gasteiger partial charge in [0.05, 0.1) is 6.04 Å². The molecule has 2 aromatic rings. The largest absolute Gasteiger partial charge is 0.348 e. The zero-order valence-corrected chi connectivity index (χ0v) is 13.0. The van der Waals surface area contributed by atoms with Crippen LogP contribution in [0.3, 0.4) is 0 Å². The molecule has 1 aromatic carbocycles. The van der Waals surface area contributed by atoms with Crippen molar-refractivity contribution in [1.82, 2.24) is 14.9 Å². The quantitative estimate of drug-likeness (QED) is 0.829. The molecule has 0 atom stereocenters. The van der Waals surface area contributed by atoms with Crippen molar-refractivity contribution in [3.8, 4) is 0 Å². The van der Waals surface area contributed by atoms with Crippen molar-refractivity contribution in [2.75, 3.05) is 24.2 Å². The molecule has 2 heterocycles. The van der Waals surface area contributed by atoms with Gasteiger partial charge in [-0.15, -0.1) is 11.8 Å². The molecule has 0 radical (unpaired) electrons. The van der Waals surface area contributed by atoms with E-state index in [9.17, 15) is 4.79 Å². The minimum Gasteiger partial charge on any atom is -0.348 e. The number of hydrogen-bond donors (Lipinski definition) is 1. The van der Waals surface area contributed by atoms with Crippen molar-refractivity contribution < 1.29 is 4.79 Å². The number of amides is 1. The minimum absolute atomic E-state index is 0.218. The van der Waals surface area contributed by atoms with Gasteiger partial charge >= 0.3 is 0 Å². The Morgan fingerprint density at radius 3 is 2.64 bits per heavy atom. The van der Waals surface area contributed by atoms with Crippen molar-refractivity contribution in [3.05, 3.63) is 48.8 Å². The Labute approximate surface area is 134 Å². The Bertz CT molecular complexity index is 602. The first-order valence-electron chi connectivity index (χ1n) is 7.30. The molecule has 114 valence electrons. The van der Waals surface area contributed by atoms with Gasteiger partial charge in [0.1, 0.15) is 0 Å². The van der Waals surface area contributed by atoms with Crippen molar-refractivity contribution in [2.24, 2.45) is 0 Å². The molecular formula is C16H18N4OS. The molecule has 1 amide bonds. The number of thioether (sulfide) groups is 1. The predicted molar refractivity (Wildman–Crippen MR) is 87.8 cm³/mol. The lowest BCUT2D eigenvalue weighted by Crippen LogP contribution is -2.57. The molecule has 0 bridgehead atoms. The standard InChI is InChI=1S/C16H18N4OS/c21-15(7-10-22-14-5-2-1-3-6-14)20-11-13(12-20)19-16-17-8-4-9-18-16/h1-6,8-9,13H,7,10-12H2,(H,17,18,19). The van der Waals surface area contributed by atoms with E-state index in [1.807, 2.05) is 23.1 Å². The third kappa shape index (κ3) is 3.98. The number of benzene rings is 1. The average Bonchev–Trinajstić information content (AvgIpc) is 2.52. The van der Waals surface area contributed by atoms with Gasteiger partial charge in [-0.1, -0.05) is 18.2 Å². The fraction of sp³-hybridized carbons (Fsp3) is 0.312. The maximum atomic E-state index is 12.1. The molecule has 0 spiro atoms. The first kappa shape index (κ1) is 14.8. The van der Waals surface area contributed by atoms with Gasteiger partial charge in [0.25, 0.3) is 0 Å². The zero-order chi connectivity index (χ0) is 15.2. The summed E-state index contributed by atoms with van der Waals surface area (Å²) in [6.45, 7) is 1.46. The fourth-order valence-electron chi connectivity index (χ4n) is 2.26. The van der Waals surface area contributed by atoms with Gasteiger partial charge in [-0.3, -0.25) is 4.79 Å². The highest BCUT2D eigenvalue weighted by atomic mass is 32.2. The molecule has 22 heavy (non-hydrogen) atoms. The summed E-state index contributed by atoms with van der Waals surface area (Å²) in [6.07, 6.45) is 3.99. The van der Waals surface area contributed by atoms with Crippen LogP contribution in [0.2, 0.25) is 0 Å². The summed E-state index contributed by atoms with van der Waals surface area (Å²) in [5.74, 6) is 1.66. The maximum Gasteiger partial charge on any atom is 0.223 e. The summed E-state index contributed by atoms with van der Waals surface area (Å²) in [5.41, 5.74) is 0. The molecule has 6 heteroatoms. The van der Waals surface area contributed by atoms with E-state index in [1.165, 1.54) is 4.90 Å². The number of likely N-dealkylation sites (tertiary alicyclic amines) is 1. The van der Waals surface area contributed by atoms with Crippen LogP contribution < -0.4 is 5.32 Å². The number of rotatable bonds is 6. The van der Waals surface area contributed by atoms with Crippen molar-refractivity contribution in [2.45, 2.75) is 17.4 Å². The number of hydrogen-bond acceptors (Lipinski definition) is 5. The van der Waals surface area contributed by atoms with Gasteiger partial charge in [-0.05, 0) is 18.2 Å². The van der Waals surface area contributed by atoms with Crippen LogP contribution in [0, 0.1) is 0 Å². The predicted octanol–water partition coefficient (Wildman–Crippen LogP) is 2.28. The summed E-state index contributed by atoms with van der Waals surface area (Å²) >= 11 is 1.72. The number of carbonyl (C=O) groups is 1. The van der Waals surface area contributed by atoms with Crippen LogP contribution in [0.1, 0.15) is 6.42 Å². The van der Waals surface area contributed by atoms with Crippen molar-refractivity contribution in [1.29, 1.82) is 0 Å². The van der Waals surface area contributed by atoms with E-state index in [2.05, 4.69) is 27.4 Å². The molecule has 1 fully saturated rings. The third-order valence-electron chi connectivity index (χ3n) is 3.46. The Balaban J connectivity index is 1.35. The van der Waals surface area contributed by atoms with E-state index in [-0.39, 0.29) is 11.9 Å². The van der Waals surface area contributed by atoms with Crippen LogP contribution in [0.5, 0.6) is 0 Å². The van der Waals surface area contributed by atoms with Crippen LogP contribution in [0.15, 0.2) is 53.7 Å². The molecule has 0 aliphatic carbocycles. The van der Waals surface area contributed by atoms with Crippen LogP contribution in [0.25, 0.3) is 0 Å². The second-order valence-electron chi connectivity index (χ2n) is 5.12. The Morgan fingerprint density at radius 2 is 1.91 bits per heavy atom. The van der Waals surface area contributed by atoms with Gasteiger partial charge in [-0.25, -0.2) is 9.97 Å². The zero-order valence-electron chi connectivity index (χ0n) is 12.2. The Kier molecular flexibility index (Phi) is 4.90. The first-order chi connectivity index (χ1) is 10.8. The molecule has 1 saturated heterocycles. The fourth-order valence-corrected chi connectivity index (χ4v) is 3.12. The lowest BCUT2D eigenvalue weighted by molar-refractivity contribution is -0.134. The highest BCUT2D eigenvalue weighted by molar-refractivity contribution is 7.99. The van der Waals surface area contributed by atoms with Gasteiger partial charge in [0.15, 0.2) is 0 Å². The van der Waals surface area contributed by atoms with E-state index < -0.39 is 0 Å². The van der Waals surface area contributed by atoms with Crippen LogP contribution >= 0.6 is 11.8 Å². The molecule has 0 saturated carbocycles. The van der Waals surface area contributed by atoms with Crippen LogP contribution in [0.4, 0.5) is 5.95 Å². The second-order valence-corrected chi connectivity index (χ2v) is 6.29. The summed E-state index contributed by atoms with van der Waals surface area (Å²) in [4.78, 5) is 23.4. The molecule has 0 unspecified atom stereocenters. The smallest absolute Gasteiger partial charge is 0.223 e. The molecule has 1 aromatic heterocycles. The minimum atomic E-state index is 0.218. The molecule has 1 N–H and O–H groups in total. The third-order valence-corrected chi connectivity index (χ3v) is 4.47. The summed E-state index contributed by atoms with van der Waals surface area (Å²) in [7, 11) is 0. The number of carbonyl (C=O) groups excluding carboxylic acids is 1. The number of anilines is 1. The van der Waals surface area contributed by atoms with Crippen LogP contribution in [-0.2, 0) is 4.79 Å². The number of nitrogens with one attached hydrogen (secondary N) is 1. The van der Waals surface area contributed by atoms with Gasteiger partial charge in [0.2, 0.25) is 11.9 Å². The number of nitrogens with zero attached hydrogens (tertiary/aromatic N) is 3. The van der Waals surface area contributed by atoms with Gasteiger partial charge in [0, 0.05) is 42.6 Å². The average molecular weight is 314 g/mol. The molecule has 1 aliphatic heterocycles.